The van der Waals surface area contributed by atoms with Crippen LogP contribution in [0, 0.1) is 0 Å². The fourth-order valence-electron chi connectivity index (χ4n) is 3.61. The molecule has 4 rings (SSSR count). The fraction of sp³-hybridized carbons (Fsp3) is 0.192. The van der Waals surface area contributed by atoms with Crippen LogP contribution in [0.4, 0.5) is 5.95 Å². The lowest BCUT2D eigenvalue weighted by Gasteiger charge is -2.16. The van der Waals surface area contributed by atoms with Gasteiger partial charge in [0.2, 0.25) is 16.0 Å². The van der Waals surface area contributed by atoms with Gasteiger partial charge >= 0.3 is 5.97 Å². The molecule has 0 aliphatic heterocycles. The summed E-state index contributed by atoms with van der Waals surface area (Å²) in [6, 6.07) is 13.2. The molecule has 4 aromatic rings. The number of aromatic nitrogens is 3. The Bertz CT molecular complexity index is 1650. The second-order valence-electron chi connectivity index (χ2n) is 8.48. The summed E-state index contributed by atoms with van der Waals surface area (Å²) in [6.07, 6.45) is 5.43. The van der Waals surface area contributed by atoms with E-state index in [2.05, 4.69) is 25.3 Å². The number of carboxylic acids is 1. The number of hydrogen-bond acceptors (Lipinski definition) is 9. The zero-order chi connectivity index (χ0) is 28.5. The Morgan fingerprint density at radius 3 is 2.50 bits per heavy atom. The third-order valence-electron chi connectivity index (χ3n) is 5.59. The van der Waals surface area contributed by atoms with Gasteiger partial charge in [0.15, 0.2) is 0 Å². The van der Waals surface area contributed by atoms with E-state index >= 15 is 0 Å². The standard InChI is InChI=1S/C26H26N6O7S/c33-23-15-18(24(34)30-16-22(25(35)36)31-40(37,38)21-6-2-1-3-7-21)14-19-8-9-20(17-32(19)23)39-13-5-12-29-26-27-10-4-11-28-26/h1-4,6-11,14-15,17,22,31H,5,12-13,16H2,(H,30,34)(H,35,36)(H,27,28,29)/t22-/m0/s1. The van der Waals surface area contributed by atoms with Gasteiger partial charge in [-0.15, -0.1) is 0 Å². The number of aliphatic carboxylic acids is 1. The van der Waals surface area contributed by atoms with Crippen molar-refractivity contribution in [2.24, 2.45) is 0 Å². The molecular weight excluding hydrogens is 540 g/mol. The summed E-state index contributed by atoms with van der Waals surface area (Å²) >= 11 is 0. The zero-order valence-corrected chi connectivity index (χ0v) is 21.9. The number of pyridine rings is 2. The lowest BCUT2D eigenvalue weighted by Crippen LogP contribution is -2.48. The molecule has 0 saturated carbocycles. The van der Waals surface area contributed by atoms with Gasteiger partial charge in [-0.2, -0.15) is 4.72 Å². The monoisotopic (exact) mass is 566 g/mol. The number of ether oxygens (including phenoxy) is 1. The van der Waals surface area contributed by atoms with Crippen molar-refractivity contribution in [1.82, 2.24) is 24.4 Å². The van der Waals surface area contributed by atoms with Gasteiger partial charge in [-0.1, -0.05) is 18.2 Å². The van der Waals surface area contributed by atoms with Crippen molar-refractivity contribution in [3.8, 4) is 5.75 Å². The average molecular weight is 567 g/mol. The molecule has 40 heavy (non-hydrogen) atoms. The first kappa shape index (κ1) is 28.2. The summed E-state index contributed by atoms with van der Waals surface area (Å²) in [5, 5.41) is 14.9. The van der Waals surface area contributed by atoms with Crippen molar-refractivity contribution in [3.63, 3.8) is 0 Å². The Labute approximate surface area is 228 Å². The van der Waals surface area contributed by atoms with Crippen molar-refractivity contribution in [2.45, 2.75) is 17.4 Å². The van der Waals surface area contributed by atoms with Crippen LogP contribution in [-0.4, -0.2) is 65.5 Å². The lowest BCUT2D eigenvalue weighted by molar-refractivity contribution is -0.138. The maximum Gasteiger partial charge on any atom is 0.323 e. The molecule has 3 aromatic heterocycles. The predicted octanol–water partition coefficient (Wildman–Crippen LogP) is 1.13. The van der Waals surface area contributed by atoms with E-state index in [1.165, 1.54) is 40.9 Å². The van der Waals surface area contributed by atoms with Crippen molar-refractivity contribution in [1.29, 1.82) is 0 Å². The predicted molar refractivity (Wildman–Crippen MR) is 145 cm³/mol. The summed E-state index contributed by atoms with van der Waals surface area (Å²) in [4.78, 5) is 45.1. The number of sulfonamides is 1. The molecule has 1 aromatic carbocycles. The quantitative estimate of drug-likeness (QED) is 0.171. The van der Waals surface area contributed by atoms with Crippen LogP contribution in [-0.2, 0) is 14.8 Å². The van der Waals surface area contributed by atoms with E-state index in [4.69, 9.17) is 4.74 Å². The van der Waals surface area contributed by atoms with E-state index in [-0.39, 0.29) is 10.5 Å². The molecule has 0 aliphatic rings. The van der Waals surface area contributed by atoms with E-state index in [0.29, 0.717) is 36.8 Å². The van der Waals surface area contributed by atoms with Crippen LogP contribution in [0.25, 0.3) is 5.52 Å². The summed E-state index contributed by atoms with van der Waals surface area (Å²) < 4.78 is 34.1. The molecule has 0 unspecified atom stereocenters. The average Bonchev–Trinajstić information content (AvgIpc) is 2.96. The summed E-state index contributed by atoms with van der Waals surface area (Å²) in [5.41, 5.74) is -0.106. The second-order valence-corrected chi connectivity index (χ2v) is 10.2. The number of nitrogens with one attached hydrogen (secondary N) is 3. The largest absolute Gasteiger partial charge is 0.492 e. The molecular formula is C26H26N6O7S. The number of hydrogen-bond donors (Lipinski definition) is 4. The van der Waals surface area contributed by atoms with Crippen LogP contribution in [0.2, 0.25) is 0 Å². The van der Waals surface area contributed by atoms with Gasteiger partial charge in [0.05, 0.1) is 17.7 Å². The normalized spacial score (nSPS) is 12.0. The number of nitrogens with zero attached hydrogens (tertiary/aromatic N) is 3. The highest BCUT2D eigenvalue weighted by molar-refractivity contribution is 7.89. The number of fused-ring (bicyclic) bond motifs is 1. The van der Waals surface area contributed by atoms with Gasteiger partial charge in [0, 0.05) is 42.6 Å². The van der Waals surface area contributed by atoms with Crippen LogP contribution in [0.1, 0.15) is 16.8 Å². The van der Waals surface area contributed by atoms with E-state index in [0.717, 1.165) is 6.07 Å². The topological polar surface area (TPSA) is 181 Å². The Morgan fingerprint density at radius 2 is 1.77 bits per heavy atom. The molecule has 3 heterocycles. The number of benzene rings is 1. The zero-order valence-electron chi connectivity index (χ0n) is 21.1. The summed E-state index contributed by atoms with van der Waals surface area (Å²) in [5.74, 6) is -1.24. The number of carboxylic acid groups (broad SMARTS) is 1. The molecule has 14 heteroatoms. The van der Waals surface area contributed by atoms with Gasteiger partial charge in [-0.25, -0.2) is 18.4 Å². The van der Waals surface area contributed by atoms with E-state index in [1.807, 2.05) is 0 Å². The molecule has 0 radical (unpaired) electrons. The summed E-state index contributed by atoms with van der Waals surface area (Å²) in [7, 11) is -4.14. The van der Waals surface area contributed by atoms with E-state index in [9.17, 15) is 27.9 Å². The van der Waals surface area contributed by atoms with Gasteiger partial charge in [-0.05, 0) is 42.8 Å². The Kier molecular flexibility index (Phi) is 9.04. The first-order valence-electron chi connectivity index (χ1n) is 12.1. The first-order chi connectivity index (χ1) is 19.2. The molecule has 13 nitrogen and oxygen atoms in total. The Hall–Kier alpha value is -4.82. The van der Waals surface area contributed by atoms with Crippen LogP contribution >= 0.6 is 0 Å². The van der Waals surface area contributed by atoms with Crippen molar-refractivity contribution in [3.05, 3.63) is 95.2 Å². The molecule has 208 valence electrons. The van der Waals surface area contributed by atoms with Crippen LogP contribution in [0.3, 0.4) is 0 Å². The number of amides is 1. The second kappa shape index (κ2) is 12.8. The van der Waals surface area contributed by atoms with E-state index in [1.54, 1.807) is 36.7 Å². The molecule has 0 aliphatic carbocycles. The highest BCUT2D eigenvalue weighted by atomic mass is 32.2. The number of carbonyl (C=O) groups is 2. The smallest absolute Gasteiger partial charge is 0.323 e. The molecule has 4 N–H and O–H groups in total. The van der Waals surface area contributed by atoms with Gasteiger partial charge in [0.1, 0.15) is 11.8 Å². The fourth-order valence-corrected chi connectivity index (χ4v) is 4.82. The molecule has 0 bridgehead atoms. The van der Waals surface area contributed by atoms with Crippen LogP contribution < -0.4 is 25.7 Å². The molecule has 0 saturated heterocycles. The Balaban J connectivity index is 1.35. The number of carbonyl (C=O) groups excluding carboxylic acids is 1. The first-order valence-corrected chi connectivity index (χ1v) is 13.6. The lowest BCUT2D eigenvalue weighted by atomic mass is 10.2. The molecule has 1 atom stereocenters. The highest BCUT2D eigenvalue weighted by Crippen LogP contribution is 2.14. The third-order valence-corrected chi connectivity index (χ3v) is 7.08. The van der Waals surface area contributed by atoms with Crippen LogP contribution in [0.15, 0.2) is 88.9 Å². The minimum atomic E-state index is -4.14. The van der Waals surface area contributed by atoms with E-state index < -0.39 is 40.0 Å². The minimum Gasteiger partial charge on any atom is -0.492 e. The maximum absolute atomic E-state index is 12.7. The van der Waals surface area contributed by atoms with Gasteiger partial charge in [0.25, 0.3) is 11.5 Å². The van der Waals surface area contributed by atoms with Crippen LogP contribution in [0.5, 0.6) is 5.75 Å². The summed E-state index contributed by atoms with van der Waals surface area (Å²) in [6.45, 7) is 0.420. The minimum absolute atomic E-state index is 0.0112. The maximum atomic E-state index is 12.7. The highest BCUT2D eigenvalue weighted by Gasteiger charge is 2.26. The Morgan fingerprint density at radius 1 is 1.02 bits per heavy atom. The number of rotatable bonds is 13. The molecule has 0 fully saturated rings. The van der Waals surface area contributed by atoms with Gasteiger partial charge < -0.3 is 20.5 Å². The molecule has 0 spiro atoms. The van der Waals surface area contributed by atoms with Crippen molar-refractivity contribution < 1.29 is 27.9 Å². The van der Waals surface area contributed by atoms with Gasteiger partial charge in [-0.3, -0.25) is 18.8 Å². The van der Waals surface area contributed by atoms with Crippen molar-refractivity contribution in [2.75, 3.05) is 25.0 Å². The third kappa shape index (κ3) is 7.39. The SMILES string of the molecule is O=C(NC[C@H](NS(=O)(=O)c1ccccc1)C(=O)O)c1cc(=O)n2cc(OCCCNc3ncccn3)ccc2c1. The molecule has 1 amide bonds. The number of anilines is 1. The van der Waals surface area contributed by atoms with Crippen molar-refractivity contribution >= 4 is 33.4 Å².